The number of ether oxygens (including phenoxy) is 1. The molecular formula is C15H22O4. The lowest BCUT2D eigenvalue weighted by Gasteiger charge is -2.54. The molecule has 1 aliphatic heterocycles. The van der Waals surface area contributed by atoms with E-state index in [0.717, 1.165) is 37.7 Å². The Morgan fingerprint density at radius 3 is 2.74 bits per heavy atom. The monoisotopic (exact) mass is 266 g/mol. The van der Waals surface area contributed by atoms with Gasteiger partial charge in [0.05, 0.1) is 17.8 Å². The van der Waals surface area contributed by atoms with Gasteiger partial charge in [-0.1, -0.05) is 13.3 Å². The van der Waals surface area contributed by atoms with Gasteiger partial charge in [-0.15, -0.1) is 0 Å². The highest BCUT2D eigenvalue weighted by molar-refractivity contribution is 5.92. The molecule has 2 saturated carbocycles. The molecule has 2 aliphatic carbocycles. The number of hydrogen-bond donors (Lipinski definition) is 2. The van der Waals surface area contributed by atoms with Crippen LogP contribution in [0.25, 0.3) is 0 Å². The Morgan fingerprint density at radius 1 is 1.32 bits per heavy atom. The first-order chi connectivity index (χ1) is 8.89. The highest BCUT2D eigenvalue weighted by Crippen LogP contribution is 2.57. The lowest BCUT2D eigenvalue weighted by Crippen LogP contribution is -2.56. The number of esters is 1. The number of aliphatic hydroxyl groups excluding tert-OH is 1. The fraction of sp³-hybridized carbons (Fsp3) is 0.800. The van der Waals surface area contributed by atoms with Gasteiger partial charge >= 0.3 is 5.97 Å². The van der Waals surface area contributed by atoms with E-state index in [0.29, 0.717) is 5.57 Å². The predicted octanol–water partition coefficient (Wildman–Crippen LogP) is 1.55. The van der Waals surface area contributed by atoms with Crippen molar-refractivity contribution < 1.29 is 19.7 Å². The van der Waals surface area contributed by atoms with E-state index in [4.69, 9.17) is 4.74 Å². The van der Waals surface area contributed by atoms with Crippen LogP contribution in [-0.4, -0.2) is 34.5 Å². The summed E-state index contributed by atoms with van der Waals surface area (Å²) in [6.07, 6.45) is 4.28. The average Bonchev–Trinajstić information content (AvgIpc) is 2.62. The van der Waals surface area contributed by atoms with Gasteiger partial charge in [0, 0.05) is 5.92 Å². The summed E-state index contributed by atoms with van der Waals surface area (Å²) in [7, 11) is 0. The van der Waals surface area contributed by atoms with Crippen molar-refractivity contribution in [3.63, 3.8) is 0 Å². The molecule has 0 saturated heterocycles. The summed E-state index contributed by atoms with van der Waals surface area (Å²) in [5.41, 5.74) is 0.584. The van der Waals surface area contributed by atoms with Crippen LogP contribution in [0.1, 0.15) is 46.0 Å². The topological polar surface area (TPSA) is 66.8 Å². The molecule has 0 amide bonds. The standard InChI is InChI=1S/C15H22O4/c1-14-5-3-6-15(2,18)12(14)11-9(4-7-14)10(8-16)13(17)19-11/h11-12,16,18H,3-8H2,1-2H3/t11-,12+,14+,15-/m0/s1. The lowest BCUT2D eigenvalue weighted by atomic mass is 9.53. The van der Waals surface area contributed by atoms with Crippen molar-refractivity contribution in [1.29, 1.82) is 0 Å². The Balaban J connectivity index is 2.04. The lowest BCUT2D eigenvalue weighted by molar-refractivity contribution is -0.169. The molecule has 19 heavy (non-hydrogen) atoms. The zero-order valence-electron chi connectivity index (χ0n) is 11.6. The highest BCUT2D eigenvalue weighted by Gasteiger charge is 2.58. The molecule has 0 spiro atoms. The van der Waals surface area contributed by atoms with Crippen molar-refractivity contribution in [3.05, 3.63) is 11.1 Å². The van der Waals surface area contributed by atoms with Crippen molar-refractivity contribution in [2.45, 2.75) is 57.7 Å². The van der Waals surface area contributed by atoms with Crippen molar-refractivity contribution in [1.82, 2.24) is 0 Å². The molecule has 0 bridgehead atoms. The molecule has 0 radical (unpaired) electrons. The van der Waals surface area contributed by atoms with Gasteiger partial charge in [-0.3, -0.25) is 0 Å². The zero-order valence-corrected chi connectivity index (χ0v) is 11.6. The van der Waals surface area contributed by atoms with Crippen LogP contribution in [0.4, 0.5) is 0 Å². The number of hydrogen-bond acceptors (Lipinski definition) is 4. The number of aliphatic hydroxyl groups is 2. The van der Waals surface area contributed by atoms with Gasteiger partial charge in [-0.25, -0.2) is 4.79 Å². The van der Waals surface area contributed by atoms with Gasteiger partial charge < -0.3 is 14.9 Å². The minimum Gasteiger partial charge on any atom is -0.454 e. The number of rotatable bonds is 1. The summed E-state index contributed by atoms with van der Waals surface area (Å²) in [6, 6.07) is 0. The zero-order chi connectivity index (χ0) is 13.8. The van der Waals surface area contributed by atoms with Crippen molar-refractivity contribution >= 4 is 5.97 Å². The Hall–Kier alpha value is -0.870. The molecule has 0 aromatic heterocycles. The largest absolute Gasteiger partial charge is 0.454 e. The SMILES string of the molecule is C[C@]12CCC[C@](C)(O)[C@@H]1[C@H]1OC(=O)C(CO)=C1CC2. The summed E-state index contributed by atoms with van der Waals surface area (Å²) in [5.74, 6) is -0.446. The number of carbonyl (C=O) groups is 1. The Morgan fingerprint density at radius 2 is 2.05 bits per heavy atom. The summed E-state index contributed by atoms with van der Waals surface area (Å²) in [4.78, 5) is 11.8. The highest BCUT2D eigenvalue weighted by atomic mass is 16.6. The molecule has 3 rings (SSSR count). The van der Waals surface area contributed by atoms with Crippen molar-refractivity contribution in [2.75, 3.05) is 6.61 Å². The van der Waals surface area contributed by atoms with Crippen LogP contribution in [0, 0.1) is 11.3 Å². The van der Waals surface area contributed by atoms with Crippen LogP contribution in [0.3, 0.4) is 0 Å². The molecule has 1 heterocycles. The third-order valence-electron chi connectivity index (χ3n) is 5.49. The molecule has 3 aliphatic rings. The van der Waals surface area contributed by atoms with E-state index < -0.39 is 11.6 Å². The van der Waals surface area contributed by atoms with E-state index in [1.54, 1.807) is 0 Å². The number of fused-ring (bicyclic) bond motifs is 3. The Labute approximate surface area is 113 Å². The molecule has 0 aromatic carbocycles. The maximum atomic E-state index is 11.8. The summed E-state index contributed by atoms with van der Waals surface area (Å²) >= 11 is 0. The first kappa shape index (κ1) is 13.1. The molecule has 2 N–H and O–H groups in total. The minimum atomic E-state index is -0.797. The van der Waals surface area contributed by atoms with Gasteiger partial charge in [0.2, 0.25) is 0 Å². The average molecular weight is 266 g/mol. The van der Waals surface area contributed by atoms with E-state index in [9.17, 15) is 15.0 Å². The quantitative estimate of drug-likeness (QED) is 0.707. The van der Waals surface area contributed by atoms with Gasteiger partial charge in [-0.05, 0) is 43.6 Å². The first-order valence-electron chi connectivity index (χ1n) is 7.15. The van der Waals surface area contributed by atoms with Crippen molar-refractivity contribution in [3.8, 4) is 0 Å². The second-order valence-electron chi connectivity index (χ2n) is 6.83. The first-order valence-corrected chi connectivity index (χ1v) is 7.15. The second-order valence-corrected chi connectivity index (χ2v) is 6.83. The van der Waals surface area contributed by atoms with Crippen LogP contribution in [-0.2, 0) is 9.53 Å². The van der Waals surface area contributed by atoms with E-state index >= 15 is 0 Å². The molecule has 0 unspecified atom stereocenters. The van der Waals surface area contributed by atoms with Crippen LogP contribution < -0.4 is 0 Å². The van der Waals surface area contributed by atoms with Gasteiger partial charge in [0.1, 0.15) is 6.10 Å². The van der Waals surface area contributed by atoms with Gasteiger partial charge in [-0.2, -0.15) is 0 Å². The molecule has 106 valence electrons. The van der Waals surface area contributed by atoms with E-state index in [1.807, 2.05) is 6.92 Å². The molecule has 4 nitrogen and oxygen atoms in total. The predicted molar refractivity (Wildman–Crippen MR) is 69.3 cm³/mol. The number of carbonyl (C=O) groups excluding carboxylic acids is 1. The van der Waals surface area contributed by atoms with Crippen LogP contribution in [0.5, 0.6) is 0 Å². The summed E-state index contributed by atoms with van der Waals surface area (Å²) in [6.45, 7) is 3.81. The third-order valence-corrected chi connectivity index (χ3v) is 5.49. The van der Waals surface area contributed by atoms with E-state index in [1.165, 1.54) is 0 Å². The van der Waals surface area contributed by atoms with Crippen LogP contribution >= 0.6 is 0 Å². The van der Waals surface area contributed by atoms with Gasteiger partial charge in [0.15, 0.2) is 0 Å². The Kier molecular flexibility index (Phi) is 2.81. The Bertz CT molecular complexity index is 451. The van der Waals surface area contributed by atoms with E-state index in [-0.39, 0.29) is 24.0 Å². The molecule has 2 fully saturated rings. The van der Waals surface area contributed by atoms with Crippen LogP contribution in [0.2, 0.25) is 0 Å². The maximum absolute atomic E-state index is 11.8. The fourth-order valence-electron chi connectivity index (χ4n) is 4.59. The third kappa shape index (κ3) is 1.77. The second kappa shape index (κ2) is 4.06. The summed E-state index contributed by atoms with van der Waals surface area (Å²) in [5, 5.41) is 20.1. The normalized spacial score (nSPS) is 45.8. The minimum absolute atomic E-state index is 0.0289. The van der Waals surface area contributed by atoms with E-state index in [2.05, 4.69) is 6.92 Å². The fourth-order valence-corrected chi connectivity index (χ4v) is 4.59. The smallest absolute Gasteiger partial charge is 0.337 e. The molecule has 0 aromatic rings. The van der Waals surface area contributed by atoms with Crippen molar-refractivity contribution in [2.24, 2.45) is 11.3 Å². The molecule has 4 heteroatoms. The molecular weight excluding hydrogens is 244 g/mol. The summed E-state index contributed by atoms with van der Waals surface area (Å²) < 4.78 is 5.51. The van der Waals surface area contributed by atoms with Gasteiger partial charge in [0.25, 0.3) is 0 Å². The molecule has 4 atom stereocenters. The van der Waals surface area contributed by atoms with Crippen LogP contribution in [0.15, 0.2) is 11.1 Å². The maximum Gasteiger partial charge on any atom is 0.337 e.